The Morgan fingerprint density at radius 3 is 3.00 bits per heavy atom. The summed E-state index contributed by atoms with van der Waals surface area (Å²) in [5, 5.41) is 10.9. The van der Waals surface area contributed by atoms with Crippen LogP contribution in [0.15, 0.2) is 18.5 Å². The summed E-state index contributed by atoms with van der Waals surface area (Å²) in [6.45, 7) is 1.86. The molecule has 0 radical (unpaired) electrons. The van der Waals surface area contributed by atoms with Crippen molar-refractivity contribution in [3.8, 4) is 0 Å². The molecule has 18 heavy (non-hydrogen) atoms. The van der Waals surface area contributed by atoms with E-state index in [2.05, 4.69) is 4.98 Å². The lowest BCUT2D eigenvalue weighted by Gasteiger charge is -1.96. The fourth-order valence-electron chi connectivity index (χ4n) is 1.49. The first-order valence-electron chi connectivity index (χ1n) is 5.03. The van der Waals surface area contributed by atoms with Gasteiger partial charge in [0.2, 0.25) is 5.65 Å². The first kappa shape index (κ1) is 12.3. The summed E-state index contributed by atoms with van der Waals surface area (Å²) in [4.78, 5) is 25.6. The number of carbonyl (C=O) groups is 1. The van der Waals surface area contributed by atoms with E-state index in [0.717, 1.165) is 0 Å². The molecule has 7 nitrogen and oxygen atoms in total. The Morgan fingerprint density at radius 2 is 2.39 bits per heavy atom. The molecule has 2 aromatic heterocycles. The van der Waals surface area contributed by atoms with Gasteiger partial charge in [0.05, 0.1) is 11.5 Å². The molecule has 2 rings (SSSR count). The quantitative estimate of drug-likeness (QED) is 0.484. The first-order valence-corrected chi connectivity index (χ1v) is 5.41. The summed E-state index contributed by atoms with van der Waals surface area (Å²) in [6, 6.07) is 1.36. The zero-order valence-corrected chi connectivity index (χ0v) is 10.0. The fourth-order valence-corrected chi connectivity index (χ4v) is 1.70. The van der Waals surface area contributed by atoms with Gasteiger partial charge in [-0.25, -0.2) is 9.78 Å². The lowest BCUT2D eigenvalue weighted by atomic mass is 10.4. The van der Waals surface area contributed by atoms with Crippen LogP contribution in [0, 0.1) is 10.1 Å². The van der Waals surface area contributed by atoms with Crippen LogP contribution in [0.25, 0.3) is 5.65 Å². The van der Waals surface area contributed by atoms with Crippen molar-refractivity contribution in [1.82, 2.24) is 9.38 Å². The molecular formula is C10H8ClN3O4. The number of pyridine rings is 1. The number of carbonyl (C=O) groups excluding carboxylic acids is 1. The minimum Gasteiger partial charge on any atom is -0.461 e. The number of imidazole rings is 1. The fraction of sp³-hybridized carbons (Fsp3) is 0.200. The van der Waals surface area contributed by atoms with E-state index in [0.29, 0.717) is 0 Å². The number of halogens is 1. The van der Waals surface area contributed by atoms with Crippen molar-refractivity contribution in [3.05, 3.63) is 39.3 Å². The van der Waals surface area contributed by atoms with Gasteiger partial charge in [-0.1, -0.05) is 11.6 Å². The van der Waals surface area contributed by atoms with Crippen molar-refractivity contribution in [1.29, 1.82) is 0 Å². The van der Waals surface area contributed by atoms with Gasteiger partial charge in [-0.3, -0.25) is 10.1 Å². The predicted octanol–water partition coefficient (Wildman–Crippen LogP) is 2.07. The molecule has 0 aliphatic heterocycles. The van der Waals surface area contributed by atoms with Crippen molar-refractivity contribution in [2.24, 2.45) is 0 Å². The van der Waals surface area contributed by atoms with Crippen molar-refractivity contribution < 1.29 is 14.5 Å². The van der Waals surface area contributed by atoms with E-state index in [4.69, 9.17) is 16.3 Å². The van der Waals surface area contributed by atoms with Crippen LogP contribution in [-0.2, 0) is 4.74 Å². The highest BCUT2D eigenvalue weighted by molar-refractivity contribution is 6.33. The zero-order chi connectivity index (χ0) is 13.3. The Hall–Kier alpha value is -2.15. The highest BCUT2D eigenvalue weighted by atomic mass is 35.5. The highest BCUT2D eigenvalue weighted by Crippen LogP contribution is 2.28. The number of rotatable bonds is 3. The van der Waals surface area contributed by atoms with Crippen LogP contribution in [0.5, 0.6) is 0 Å². The maximum atomic E-state index is 11.5. The largest absolute Gasteiger partial charge is 0.461 e. The molecule has 0 amide bonds. The van der Waals surface area contributed by atoms with Gasteiger partial charge >= 0.3 is 11.7 Å². The smallest absolute Gasteiger partial charge is 0.358 e. The maximum Gasteiger partial charge on any atom is 0.358 e. The van der Waals surface area contributed by atoms with E-state index >= 15 is 0 Å². The van der Waals surface area contributed by atoms with Gasteiger partial charge in [0.25, 0.3) is 0 Å². The molecular weight excluding hydrogens is 262 g/mol. The van der Waals surface area contributed by atoms with E-state index in [1.807, 2.05) is 0 Å². The second-order valence-corrected chi connectivity index (χ2v) is 3.75. The summed E-state index contributed by atoms with van der Waals surface area (Å²) in [5.74, 6) is -0.633. The summed E-state index contributed by atoms with van der Waals surface area (Å²) in [7, 11) is 0. The third-order valence-corrected chi connectivity index (χ3v) is 2.52. The number of ether oxygens (including phenoxy) is 1. The second-order valence-electron chi connectivity index (χ2n) is 3.35. The first-order chi connectivity index (χ1) is 8.54. The maximum absolute atomic E-state index is 11.5. The van der Waals surface area contributed by atoms with Crippen molar-refractivity contribution in [2.45, 2.75) is 6.92 Å². The standard InChI is InChI=1S/C10H8ClN3O4/c1-2-18-10(15)7-5-13-4-3-6(11)8(14(16)17)9(13)12-7/h3-5H,2H2,1H3. The van der Waals surface area contributed by atoms with Gasteiger partial charge in [-0.05, 0) is 13.0 Å². The minimum atomic E-state index is -0.639. The summed E-state index contributed by atoms with van der Waals surface area (Å²) in [6.07, 6.45) is 2.84. The van der Waals surface area contributed by atoms with Gasteiger partial charge in [0.1, 0.15) is 5.02 Å². The normalized spacial score (nSPS) is 10.6. The minimum absolute atomic E-state index is 0.00205. The molecule has 2 heterocycles. The summed E-state index contributed by atoms with van der Waals surface area (Å²) >= 11 is 5.74. The van der Waals surface area contributed by atoms with Crippen molar-refractivity contribution in [3.63, 3.8) is 0 Å². The van der Waals surface area contributed by atoms with Crippen LogP contribution in [-0.4, -0.2) is 26.9 Å². The van der Waals surface area contributed by atoms with Crippen LogP contribution in [0.3, 0.4) is 0 Å². The number of nitrogens with zero attached hydrogens (tertiary/aromatic N) is 3. The molecule has 0 aromatic carbocycles. The summed E-state index contributed by atoms with van der Waals surface area (Å²) < 4.78 is 6.13. The predicted molar refractivity (Wildman–Crippen MR) is 62.8 cm³/mol. The Balaban J connectivity index is 2.61. The van der Waals surface area contributed by atoms with Crippen LogP contribution in [0.2, 0.25) is 5.02 Å². The molecule has 94 valence electrons. The van der Waals surface area contributed by atoms with Gasteiger partial charge in [0.15, 0.2) is 5.69 Å². The van der Waals surface area contributed by atoms with E-state index in [9.17, 15) is 14.9 Å². The molecule has 0 aliphatic rings. The molecule has 0 N–H and O–H groups in total. The molecule has 0 fully saturated rings. The number of nitro groups is 1. The van der Waals surface area contributed by atoms with Crippen LogP contribution < -0.4 is 0 Å². The number of fused-ring (bicyclic) bond motifs is 1. The average molecular weight is 270 g/mol. The van der Waals surface area contributed by atoms with Gasteiger partial charge in [0, 0.05) is 12.4 Å². The molecule has 0 atom stereocenters. The lowest BCUT2D eigenvalue weighted by molar-refractivity contribution is -0.383. The van der Waals surface area contributed by atoms with Crippen LogP contribution >= 0.6 is 11.6 Å². The molecule has 2 aromatic rings. The van der Waals surface area contributed by atoms with Crippen LogP contribution in [0.1, 0.15) is 17.4 Å². The van der Waals surface area contributed by atoms with Crippen molar-refractivity contribution >= 4 is 28.9 Å². The van der Waals surface area contributed by atoms with Gasteiger partial charge in [-0.2, -0.15) is 0 Å². The van der Waals surface area contributed by atoms with Crippen molar-refractivity contribution in [2.75, 3.05) is 6.61 Å². The number of hydrogen-bond donors (Lipinski definition) is 0. The number of aromatic nitrogens is 2. The van der Waals surface area contributed by atoms with E-state index < -0.39 is 10.9 Å². The molecule has 0 saturated heterocycles. The van der Waals surface area contributed by atoms with E-state index in [1.165, 1.54) is 22.9 Å². The Kier molecular flexibility index (Phi) is 3.15. The molecule has 0 unspecified atom stereocenters. The number of esters is 1. The monoisotopic (exact) mass is 269 g/mol. The summed E-state index contributed by atoms with van der Waals surface area (Å²) in [5.41, 5.74) is -0.326. The molecule has 0 spiro atoms. The molecule has 0 saturated carbocycles. The van der Waals surface area contributed by atoms with Crippen LogP contribution in [0.4, 0.5) is 5.69 Å². The topological polar surface area (TPSA) is 86.7 Å². The second kappa shape index (κ2) is 4.61. The number of hydrogen-bond acceptors (Lipinski definition) is 5. The molecule has 8 heteroatoms. The highest BCUT2D eigenvalue weighted by Gasteiger charge is 2.22. The third kappa shape index (κ3) is 2.00. The Bertz CT molecular complexity index is 637. The third-order valence-electron chi connectivity index (χ3n) is 2.22. The average Bonchev–Trinajstić information content (AvgIpc) is 2.72. The molecule has 0 bridgehead atoms. The Labute approximate surface area is 106 Å². The lowest BCUT2D eigenvalue weighted by Crippen LogP contribution is -2.04. The van der Waals surface area contributed by atoms with E-state index in [1.54, 1.807) is 6.92 Å². The SMILES string of the molecule is CCOC(=O)c1cn2ccc(Cl)c([N+](=O)[O-])c2n1. The zero-order valence-electron chi connectivity index (χ0n) is 9.29. The van der Waals surface area contributed by atoms with E-state index in [-0.39, 0.29) is 28.7 Å². The Morgan fingerprint density at radius 1 is 1.67 bits per heavy atom. The van der Waals surface area contributed by atoms with Gasteiger partial charge in [-0.15, -0.1) is 0 Å². The van der Waals surface area contributed by atoms with Gasteiger partial charge < -0.3 is 9.14 Å². The molecule has 0 aliphatic carbocycles.